The molecule has 208 valence electrons. The van der Waals surface area contributed by atoms with Crippen LogP contribution in [0.5, 0.6) is 0 Å². The van der Waals surface area contributed by atoms with Gasteiger partial charge in [-0.15, -0.1) is 0 Å². The van der Waals surface area contributed by atoms with Gasteiger partial charge in [-0.3, -0.25) is 13.9 Å². The third kappa shape index (κ3) is 8.31. The number of sulfonamides is 1. The summed E-state index contributed by atoms with van der Waals surface area (Å²) in [4.78, 5) is 29.1. The van der Waals surface area contributed by atoms with Crippen molar-refractivity contribution >= 4 is 39.1 Å². The number of carbonyl (C=O) groups is 2. The van der Waals surface area contributed by atoms with Gasteiger partial charge in [0.05, 0.1) is 11.9 Å². The summed E-state index contributed by atoms with van der Waals surface area (Å²) in [5.41, 5.74) is 3.53. The van der Waals surface area contributed by atoms with Crippen molar-refractivity contribution in [2.45, 2.75) is 52.7 Å². The van der Waals surface area contributed by atoms with Gasteiger partial charge < -0.3 is 10.2 Å². The molecule has 0 aromatic heterocycles. The van der Waals surface area contributed by atoms with Gasteiger partial charge in [-0.05, 0) is 62.1 Å². The summed E-state index contributed by atoms with van der Waals surface area (Å²) in [6.07, 6.45) is 1.32. The smallest absolute Gasteiger partial charge is 0.244 e. The molecule has 0 radical (unpaired) electrons. The van der Waals surface area contributed by atoms with Gasteiger partial charge in [-0.25, -0.2) is 8.42 Å². The molecule has 0 saturated heterocycles. The van der Waals surface area contributed by atoms with Gasteiger partial charge >= 0.3 is 0 Å². The maximum Gasteiger partial charge on any atom is 0.244 e. The molecule has 0 fully saturated rings. The predicted molar refractivity (Wildman–Crippen MR) is 157 cm³/mol. The van der Waals surface area contributed by atoms with Crippen molar-refractivity contribution in [1.29, 1.82) is 0 Å². The van der Waals surface area contributed by atoms with Gasteiger partial charge in [0, 0.05) is 24.0 Å². The van der Waals surface area contributed by atoms with E-state index < -0.39 is 28.5 Å². The second kappa shape index (κ2) is 13.1. The summed E-state index contributed by atoms with van der Waals surface area (Å²) in [5.74, 6) is -0.840. The third-order valence-corrected chi connectivity index (χ3v) is 7.81. The van der Waals surface area contributed by atoms with E-state index >= 15 is 0 Å². The number of benzene rings is 3. The monoisotopic (exact) mass is 569 g/mol. The van der Waals surface area contributed by atoms with Crippen molar-refractivity contribution in [3.8, 4) is 0 Å². The van der Waals surface area contributed by atoms with E-state index in [9.17, 15) is 18.0 Å². The van der Waals surface area contributed by atoms with Crippen molar-refractivity contribution in [1.82, 2.24) is 10.2 Å². The molecule has 9 heteroatoms. The standard InChI is InChI=1S/C30H36ClN3O4S/c1-21(2)32-30(36)28(18-24-11-7-6-8-12-24)33(19-25-13-9-10-14-26(25)31)29(35)20-34(39(5,37)38)27-17-22(3)15-16-23(27)4/h6-17,21,28H,18-20H2,1-5H3,(H,32,36)/t28-/m0/s1. The molecule has 0 aliphatic carbocycles. The van der Waals surface area contributed by atoms with Crippen molar-refractivity contribution in [2.24, 2.45) is 0 Å². The van der Waals surface area contributed by atoms with Crippen molar-refractivity contribution in [3.63, 3.8) is 0 Å². The summed E-state index contributed by atoms with van der Waals surface area (Å²) in [7, 11) is -3.83. The Balaban J connectivity index is 2.09. The zero-order chi connectivity index (χ0) is 28.7. The fraction of sp³-hybridized carbons (Fsp3) is 0.333. The summed E-state index contributed by atoms with van der Waals surface area (Å²) in [5, 5.41) is 3.38. The average Bonchev–Trinajstić information content (AvgIpc) is 2.86. The number of hydrogen-bond donors (Lipinski definition) is 1. The number of nitrogens with zero attached hydrogens (tertiary/aromatic N) is 2. The van der Waals surface area contributed by atoms with Gasteiger partial charge in [0.1, 0.15) is 12.6 Å². The Morgan fingerprint density at radius 1 is 0.949 bits per heavy atom. The molecule has 0 spiro atoms. The largest absolute Gasteiger partial charge is 0.352 e. The SMILES string of the molecule is Cc1ccc(C)c(N(CC(=O)N(Cc2ccccc2Cl)[C@@H](Cc2ccccc2)C(=O)NC(C)C)S(C)(=O)=O)c1. The molecule has 0 bridgehead atoms. The molecule has 0 aliphatic heterocycles. The van der Waals surface area contributed by atoms with Crippen LogP contribution in [0.25, 0.3) is 0 Å². The minimum Gasteiger partial charge on any atom is -0.352 e. The van der Waals surface area contributed by atoms with Gasteiger partial charge in [0.15, 0.2) is 0 Å². The van der Waals surface area contributed by atoms with E-state index in [1.165, 1.54) is 4.90 Å². The molecule has 3 rings (SSSR count). The number of aryl methyl sites for hydroxylation is 2. The zero-order valence-corrected chi connectivity index (χ0v) is 24.6. The fourth-order valence-corrected chi connectivity index (χ4v) is 5.42. The fourth-order valence-electron chi connectivity index (χ4n) is 4.33. The quantitative estimate of drug-likeness (QED) is 0.356. The number of halogens is 1. The van der Waals surface area contributed by atoms with Crippen molar-refractivity contribution < 1.29 is 18.0 Å². The summed E-state index contributed by atoms with van der Waals surface area (Å²) >= 11 is 6.47. The lowest BCUT2D eigenvalue weighted by Gasteiger charge is -2.34. The first kappa shape index (κ1) is 30.2. The second-order valence-corrected chi connectivity index (χ2v) is 12.4. The van der Waals surface area contributed by atoms with Crippen LogP contribution in [0.1, 0.15) is 36.1 Å². The first-order chi connectivity index (χ1) is 18.4. The van der Waals surface area contributed by atoms with E-state index in [1.54, 1.807) is 31.2 Å². The van der Waals surface area contributed by atoms with E-state index in [0.29, 0.717) is 16.3 Å². The third-order valence-electron chi connectivity index (χ3n) is 6.31. The lowest BCUT2D eigenvalue weighted by Crippen LogP contribution is -2.54. The Labute approximate surface area is 236 Å². The zero-order valence-electron chi connectivity index (χ0n) is 23.0. The molecular weight excluding hydrogens is 534 g/mol. The Hall–Kier alpha value is -3.36. The summed E-state index contributed by atoms with van der Waals surface area (Å²) in [6, 6.07) is 20.9. The topological polar surface area (TPSA) is 86.8 Å². The van der Waals surface area contributed by atoms with E-state index in [0.717, 1.165) is 27.3 Å². The van der Waals surface area contributed by atoms with Crippen LogP contribution in [0.2, 0.25) is 5.02 Å². The number of anilines is 1. The average molecular weight is 570 g/mol. The van der Waals surface area contributed by atoms with Crippen LogP contribution in [-0.2, 0) is 32.6 Å². The Bertz CT molecular complexity index is 1410. The first-order valence-electron chi connectivity index (χ1n) is 12.8. The lowest BCUT2D eigenvalue weighted by molar-refractivity contribution is -0.140. The highest BCUT2D eigenvalue weighted by Crippen LogP contribution is 2.26. The molecule has 2 amide bonds. The molecule has 0 heterocycles. The van der Waals surface area contributed by atoms with E-state index in [1.807, 2.05) is 69.3 Å². The number of rotatable bonds is 11. The predicted octanol–water partition coefficient (Wildman–Crippen LogP) is 4.89. The highest BCUT2D eigenvalue weighted by atomic mass is 35.5. The highest BCUT2D eigenvalue weighted by Gasteiger charge is 2.33. The maximum atomic E-state index is 14.1. The van der Waals surface area contributed by atoms with Gasteiger partial charge in [-0.1, -0.05) is 72.3 Å². The van der Waals surface area contributed by atoms with Crippen molar-refractivity contribution in [3.05, 3.63) is 100 Å². The molecular formula is C30H36ClN3O4S. The molecule has 1 N–H and O–H groups in total. The van der Waals surface area contributed by atoms with Crippen LogP contribution >= 0.6 is 11.6 Å². The normalized spacial score (nSPS) is 12.2. The van der Waals surface area contributed by atoms with Crippen LogP contribution in [0.4, 0.5) is 5.69 Å². The number of nitrogens with one attached hydrogen (secondary N) is 1. The Morgan fingerprint density at radius 3 is 2.21 bits per heavy atom. The molecule has 3 aromatic rings. The van der Waals surface area contributed by atoms with E-state index in [4.69, 9.17) is 11.6 Å². The molecule has 1 atom stereocenters. The molecule has 3 aromatic carbocycles. The Morgan fingerprint density at radius 2 is 1.59 bits per heavy atom. The van der Waals surface area contributed by atoms with Crippen LogP contribution in [0.15, 0.2) is 72.8 Å². The Kier molecular flexibility index (Phi) is 10.2. The second-order valence-electron chi connectivity index (χ2n) is 10.0. The molecule has 39 heavy (non-hydrogen) atoms. The molecule has 7 nitrogen and oxygen atoms in total. The molecule has 0 unspecified atom stereocenters. The molecule has 0 aliphatic rings. The molecule has 0 saturated carbocycles. The van der Waals surface area contributed by atoms with Gasteiger partial charge in [-0.2, -0.15) is 0 Å². The van der Waals surface area contributed by atoms with Crippen LogP contribution in [0, 0.1) is 13.8 Å². The van der Waals surface area contributed by atoms with Crippen LogP contribution < -0.4 is 9.62 Å². The van der Waals surface area contributed by atoms with Gasteiger partial charge in [0.25, 0.3) is 0 Å². The van der Waals surface area contributed by atoms with E-state index in [2.05, 4.69) is 5.32 Å². The highest BCUT2D eigenvalue weighted by molar-refractivity contribution is 7.92. The summed E-state index contributed by atoms with van der Waals surface area (Å²) < 4.78 is 27.0. The first-order valence-corrected chi connectivity index (χ1v) is 15.0. The van der Waals surface area contributed by atoms with Gasteiger partial charge in [0.2, 0.25) is 21.8 Å². The minimum atomic E-state index is -3.83. The van der Waals surface area contributed by atoms with Crippen LogP contribution in [-0.4, -0.2) is 50.0 Å². The maximum absolute atomic E-state index is 14.1. The number of hydrogen-bond acceptors (Lipinski definition) is 4. The van der Waals surface area contributed by atoms with E-state index in [-0.39, 0.29) is 24.9 Å². The van der Waals surface area contributed by atoms with Crippen LogP contribution in [0.3, 0.4) is 0 Å². The number of carbonyl (C=O) groups excluding carboxylic acids is 2. The minimum absolute atomic E-state index is 0.0337. The summed E-state index contributed by atoms with van der Waals surface area (Å²) in [6.45, 7) is 6.93. The van der Waals surface area contributed by atoms with Crippen molar-refractivity contribution in [2.75, 3.05) is 17.1 Å². The lowest BCUT2D eigenvalue weighted by atomic mass is 10.0. The number of amides is 2.